The summed E-state index contributed by atoms with van der Waals surface area (Å²) in [7, 11) is 0. The third kappa shape index (κ3) is 2.95. The fourth-order valence-electron chi connectivity index (χ4n) is 4.01. The first-order valence-electron chi connectivity index (χ1n) is 7.87. The van der Waals surface area contributed by atoms with E-state index in [2.05, 4.69) is 17.1 Å². The Labute approximate surface area is 116 Å². The van der Waals surface area contributed by atoms with Crippen LogP contribution in [0.15, 0.2) is 0 Å². The van der Waals surface area contributed by atoms with Crippen molar-refractivity contribution in [3.8, 4) is 0 Å². The molecule has 0 amide bonds. The lowest BCUT2D eigenvalue weighted by molar-refractivity contribution is -0.144. The average molecular weight is 268 g/mol. The summed E-state index contributed by atoms with van der Waals surface area (Å²) in [5, 5.41) is 12.8. The lowest BCUT2D eigenvalue weighted by Gasteiger charge is -2.40. The molecule has 2 fully saturated rings. The van der Waals surface area contributed by atoms with Gasteiger partial charge in [0.1, 0.15) is 5.54 Å². The Morgan fingerprint density at radius 3 is 2.79 bits per heavy atom. The third-order valence-corrected chi connectivity index (χ3v) is 5.03. The van der Waals surface area contributed by atoms with E-state index in [4.69, 9.17) is 0 Å². The normalized spacial score (nSPS) is 36.5. The van der Waals surface area contributed by atoms with Crippen LogP contribution in [0.4, 0.5) is 0 Å². The van der Waals surface area contributed by atoms with E-state index in [1.165, 1.54) is 25.7 Å². The molecule has 3 atom stereocenters. The summed E-state index contributed by atoms with van der Waals surface area (Å²) >= 11 is 0. The van der Waals surface area contributed by atoms with Crippen molar-refractivity contribution in [1.82, 2.24) is 10.2 Å². The van der Waals surface area contributed by atoms with Crippen LogP contribution >= 0.6 is 0 Å². The number of likely N-dealkylation sites (tertiary alicyclic amines) is 1. The van der Waals surface area contributed by atoms with Crippen LogP contribution < -0.4 is 5.32 Å². The molecule has 0 spiro atoms. The predicted octanol–water partition coefficient (Wildman–Crippen LogP) is 2.24. The molecule has 0 bridgehead atoms. The Morgan fingerprint density at radius 2 is 2.16 bits per heavy atom. The number of aliphatic carboxylic acids is 1. The maximum Gasteiger partial charge on any atom is 0.323 e. The lowest BCUT2D eigenvalue weighted by atomic mass is 9.94. The second kappa shape index (κ2) is 6.23. The number of likely N-dealkylation sites (N-methyl/N-ethyl adjacent to an activating group) is 1. The van der Waals surface area contributed by atoms with Crippen LogP contribution in [0, 0.1) is 0 Å². The zero-order chi connectivity index (χ0) is 13.9. The van der Waals surface area contributed by atoms with Gasteiger partial charge in [-0.25, -0.2) is 0 Å². The molecule has 4 heteroatoms. The highest BCUT2D eigenvalue weighted by Crippen LogP contribution is 2.36. The Bertz CT molecular complexity index is 321. The minimum Gasteiger partial charge on any atom is -0.480 e. The smallest absolute Gasteiger partial charge is 0.323 e. The van der Waals surface area contributed by atoms with Crippen molar-refractivity contribution in [3.05, 3.63) is 0 Å². The fraction of sp³-hybridized carbons (Fsp3) is 0.933. The fourth-order valence-corrected chi connectivity index (χ4v) is 4.01. The molecule has 110 valence electrons. The Hall–Kier alpha value is -0.610. The van der Waals surface area contributed by atoms with Gasteiger partial charge in [0.05, 0.1) is 0 Å². The SMILES string of the molecule is CCNC1(C(=O)O)CCC(N2CCCCC2CC)C1. The number of carboxylic acid groups (broad SMARTS) is 1. The highest BCUT2D eigenvalue weighted by atomic mass is 16.4. The number of carbonyl (C=O) groups is 1. The van der Waals surface area contributed by atoms with Gasteiger partial charge >= 0.3 is 5.97 Å². The van der Waals surface area contributed by atoms with Gasteiger partial charge in [-0.05, 0) is 51.6 Å². The molecule has 2 rings (SSSR count). The van der Waals surface area contributed by atoms with Gasteiger partial charge < -0.3 is 10.4 Å². The van der Waals surface area contributed by atoms with E-state index < -0.39 is 11.5 Å². The Kier molecular flexibility index (Phi) is 4.85. The van der Waals surface area contributed by atoms with Gasteiger partial charge in [-0.2, -0.15) is 0 Å². The average Bonchev–Trinajstić information content (AvgIpc) is 2.84. The predicted molar refractivity (Wildman–Crippen MR) is 76.3 cm³/mol. The molecule has 1 saturated heterocycles. The van der Waals surface area contributed by atoms with E-state index in [9.17, 15) is 9.90 Å². The second-order valence-electron chi connectivity index (χ2n) is 6.11. The molecule has 0 radical (unpaired) electrons. The van der Waals surface area contributed by atoms with Gasteiger partial charge in [-0.15, -0.1) is 0 Å². The van der Waals surface area contributed by atoms with E-state index in [1.54, 1.807) is 0 Å². The molecule has 0 aromatic rings. The van der Waals surface area contributed by atoms with Crippen molar-refractivity contribution in [2.24, 2.45) is 0 Å². The van der Waals surface area contributed by atoms with Crippen LogP contribution in [0.1, 0.15) is 58.8 Å². The van der Waals surface area contributed by atoms with Crippen molar-refractivity contribution in [2.75, 3.05) is 13.1 Å². The van der Waals surface area contributed by atoms with Crippen LogP contribution in [-0.2, 0) is 4.79 Å². The van der Waals surface area contributed by atoms with Gasteiger partial charge in [0.15, 0.2) is 0 Å². The molecular weight excluding hydrogens is 240 g/mol. The summed E-state index contributed by atoms with van der Waals surface area (Å²) in [6.45, 7) is 6.14. The molecule has 0 aromatic heterocycles. The summed E-state index contributed by atoms with van der Waals surface area (Å²) < 4.78 is 0. The van der Waals surface area contributed by atoms with Crippen LogP contribution in [0.5, 0.6) is 0 Å². The Morgan fingerprint density at radius 1 is 1.37 bits per heavy atom. The number of hydrogen-bond donors (Lipinski definition) is 2. The van der Waals surface area contributed by atoms with E-state index >= 15 is 0 Å². The number of nitrogens with zero attached hydrogens (tertiary/aromatic N) is 1. The molecule has 1 heterocycles. The number of piperidine rings is 1. The minimum atomic E-state index is -0.671. The van der Waals surface area contributed by atoms with E-state index in [-0.39, 0.29) is 0 Å². The van der Waals surface area contributed by atoms with Crippen LogP contribution in [0.25, 0.3) is 0 Å². The largest absolute Gasteiger partial charge is 0.480 e. The molecular formula is C15H28N2O2. The minimum absolute atomic E-state index is 0.459. The number of carboxylic acids is 1. The third-order valence-electron chi connectivity index (χ3n) is 5.03. The highest BCUT2D eigenvalue weighted by Gasteiger charge is 2.47. The van der Waals surface area contributed by atoms with Crippen LogP contribution in [0.3, 0.4) is 0 Å². The zero-order valence-electron chi connectivity index (χ0n) is 12.3. The van der Waals surface area contributed by atoms with Crippen LogP contribution in [0.2, 0.25) is 0 Å². The van der Waals surface area contributed by atoms with Crippen LogP contribution in [-0.4, -0.2) is 46.7 Å². The molecule has 1 saturated carbocycles. The van der Waals surface area contributed by atoms with Gasteiger partial charge in [0.25, 0.3) is 0 Å². The summed E-state index contributed by atoms with van der Waals surface area (Å²) in [5.74, 6) is -0.665. The van der Waals surface area contributed by atoms with Gasteiger partial charge in [-0.3, -0.25) is 9.69 Å². The molecule has 2 aliphatic rings. The van der Waals surface area contributed by atoms with Crippen molar-refractivity contribution in [1.29, 1.82) is 0 Å². The van der Waals surface area contributed by atoms with E-state index in [0.717, 1.165) is 32.4 Å². The highest BCUT2D eigenvalue weighted by molar-refractivity contribution is 5.79. The van der Waals surface area contributed by atoms with Crippen molar-refractivity contribution in [2.45, 2.75) is 76.4 Å². The zero-order valence-corrected chi connectivity index (χ0v) is 12.3. The summed E-state index contributed by atoms with van der Waals surface area (Å²) in [6, 6.07) is 1.13. The topological polar surface area (TPSA) is 52.6 Å². The summed E-state index contributed by atoms with van der Waals surface area (Å²) in [5.41, 5.74) is -0.671. The van der Waals surface area contributed by atoms with Crippen molar-refractivity contribution in [3.63, 3.8) is 0 Å². The Balaban J connectivity index is 2.05. The van der Waals surface area contributed by atoms with Crippen molar-refractivity contribution >= 4 is 5.97 Å². The molecule has 3 unspecified atom stereocenters. The first-order valence-corrected chi connectivity index (χ1v) is 7.87. The van der Waals surface area contributed by atoms with Gasteiger partial charge in [0, 0.05) is 12.1 Å². The molecule has 19 heavy (non-hydrogen) atoms. The molecule has 1 aliphatic carbocycles. The maximum atomic E-state index is 11.6. The van der Waals surface area contributed by atoms with Gasteiger partial charge in [0.2, 0.25) is 0 Å². The lowest BCUT2D eigenvalue weighted by Crippen LogP contribution is -2.52. The number of nitrogens with one attached hydrogen (secondary N) is 1. The molecule has 0 aromatic carbocycles. The number of hydrogen-bond acceptors (Lipinski definition) is 3. The summed E-state index contributed by atoms with van der Waals surface area (Å²) in [6.07, 6.45) is 7.65. The summed E-state index contributed by atoms with van der Waals surface area (Å²) in [4.78, 5) is 14.2. The standard InChI is InChI=1S/C15H28N2O2/c1-3-12-7-5-6-10-17(12)13-8-9-15(11-13,14(18)19)16-4-2/h12-13,16H,3-11H2,1-2H3,(H,18,19). The van der Waals surface area contributed by atoms with E-state index in [0.29, 0.717) is 12.1 Å². The monoisotopic (exact) mass is 268 g/mol. The van der Waals surface area contributed by atoms with E-state index in [1.807, 2.05) is 6.92 Å². The first kappa shape index (κ1) is 14.8. The molecule has 4 nitrogen and oxygen atoms in total. The molecule has 2 N–H and O–H groups in total. The first-order chi connectivity index (χ1) is 9.13. The maximum absolute atomic E-state index is 11.6. The van der Waals surface area contributed by atoms with Gasteiger partial charge in [-0.1, -0.05) is 20.3 Å². The number of rotatable bonds is 5. The quantitative estimate of drug-likeness (QED) is 0.803. The molecule has 1 aliphatic heterocycles. The van der Waals surface area contributed by atoms with Crippen molar-refractivity contribution < 1.29 is 9.90 Å². The second-order valence-corrected chi connectivity index (χ2v) is 6.11.